The van der Waals surface area contributed by atoms with Crippen molar-refractivity contribution < 1.29 is 9.59 Å². The zero-order valence-electron chi connectivity index (χ0n) is 18.3. The van der Waals surface area contributed by atoms with Crippen LogP contribution in [0.25, 0.3) is 0 Å². The maximum atomic E-state index is 12.3. The Bertz CT molecular complexity index is 1080. The smallest absolute Gasteiger partial charge is 0.249 e. The van der Waals surface area contributed by atoms with Gasteiger partial charge in [0.05, 0.1) is 0 Å². The van der Waals surface area contributed by atoms with Crippen molar-refractivity contribution in [1.82, 2.24) is 15.1 Å². The lowest BCUT2D eigenvalue weighted by atomic mass is 10.0. The fourth-order valence-corrected chi connectivity index (χ4v) is 5.33. The highest BCUT2D eigenvalue weighted by molar-refractivity contribution is 7.80. The van der Waals surface area contributed by atoms with Crippen LogP contribution in [-0.4, -0.2) is 58.8 Å². The predicted molar refractivity (Wildman–Crippen MR) is 129 cm³/mol. The van der Waals surface area contributed by atoms with E-state index in [2.05, 4.69) is 64.5 Å². The van der Waals surface area contributed by atoms with Gasteiger partial charge in [-0.2, -0.15) is 0 Å². The fraction of sp³-hybridized carbons (Fsp3) is 0.400. The van der Waals surface area contributed by atoms with Crippen LogP contribution in [0.15, 0.2) is 42.5 Å². The van der Waals surface area contributed by atoms with Crippen LogP contribution in [-0.2, 0) is 22.7 Å². The third-order valence-electron chi connectivity index (χ3n) is 6.74. The molecule has 3 heterocycles. The van der Waals surface area contributed by atoms with Gasteiger partial charge >= 0.3 is 0 Å². The van der Waals surface area contributed by atoms with Crippen LogP contribution in [0.3, 0.4) is 0 Å². The van der Waals surface area contributed by atoms with Crippen molar-refractivity contribution in [2.75, 3.05) is 31.1 Å². The van der Waals surface area contributed by atoms with Gasteiger partial charge in [-0.25, -0.2) is 0 Å². The van der Waals surface area contributed by atoms with Gasteiger partial charge in [-0.1, -0.05) is 36.5 Å². The molecule has 7 heteroatoms. The van der Waals surface area contributed by atoms with E-state index in [-0.39, 0.29) is 17.9 Å². The molecule has 2 saturated heterocycles. The van der Waals surface area contributed by atoms with E-state index in [4.69, 9.17) is 12.2 Å². The highest BCUT2D eigenvalue weighted by Gasteiger charge is 2.37. The minimum atomic E-state index is -0.356. The third-order valence-corrected chi connectivity index (χ3v) is 7.19. The SMILES string of the molecule is Cc1cccc(N2CCN(Cc3ccc4c(c3)C(=S)N(C3CCC(=O)NC3=O)C4)CC2)c1. The Balaban J connectivity index is 1.22. The van der Waals surface area contributed by atoms with Crippen molar-refractivity contribution >= 4 is 34.7 Å². The Morgan fingerprint density at radius 3 is 2.62 bits per heavy atom. The van der Waals surface area contributed by atoms with Crippen LogP contribution in [0, 0.1) is 6.92 Å². The first-order valence-corrected chi connectivity index (χ1v) is 11.7. The molecule has 1 atom stereocenters. The zero-order chi connectivity index (χ0) is 22.2. The van der Waals surface area contributed by atoms with Gasteiger partial charge < -0.3 is 9.80 Å². The number of carbonyl (C=O) groups is 2. The summed E-state index contributed by atoms with van der Waals surface area (Å²) in [4.78, 5) is 31.5. The summed E-state index contributed by atoms with van der Waals surface area (Å²) in [5.41, 5.74) is 6.07. The molecule has 166 valence electrons. The monoisotopic (exact) mass is 448 g/mol. The molecule has 0 saturated carbocycles. The normalized spacial score (nSPS) is 21.7. The van der Waals surface area contributed by atoms with E-state index in [9.17, 15) is 9.59 Å². The summed E-state index contributed by atoms with van der Waals surface area (Å²) in [5, 5.41) is 2.45. The van der Waals surface area contributed by atoms with E-state index >= 15 is 0 Å². The Morgan fingerprint density at radius 1 is 1.06 bits per heavy atom. The minimum Gasteiger partial charge on any atom is -0.369 e. The van der Waals surface area contributed by atoms with Crippen LogP contribution in [0.5, 0.6) is 0 Å². The molecule has 3 aliphatic heterocycles. The van der Waals surface area contributed by atoms with E-state index in [1.807, 2.05) is 4.90 Å². The van der Waals surface area contributed by atoms with Crippen molar-refractivity contribution in [2.45, 2.75) is 38.9 Å². The third kappa shape index (κ3) is 4.14. The van der Waals surface area contributed by atoms with Crippen molar-refractivity contribution in [2.24, 2.45) is 0 Å². The second-order valence-electron chi connectivity index (χ2n) is 8.99. The number of imide groups is 1. The maximum absolute atomic E-state index is 12.3. The summed E-state index contributed by atoms with van der Waals surface area (Å²) in [6, 6.07) is 14.9. The number of rotatable bonds is 4. The summed E-state index contributed by atoms with van der Waals surface area (Å²) in [5.74, 6) is -0.429. The summed E-state index contributed by atoms with van der Waals surface area (Å²) in [6.07, 6.45) is 0.891. The highest BCUT2D eigenvalue weighted by Crippen LogP contribution is 2.29. The lowest BCUT2D eigenvalue weighted by molar-refractivity contribution is -0.136. The van der Waals surface area contributed by atoms with Gasteiger partial charge in [0.25, 0.3) is 0 Å². The van der Waals surface area contributed by atoms with Gasteiger partial charge in [-0.3, -0.25) is 19.8 Å². The Kier molecular flexibility index (Phi) is 5.69. The molecule has 0 radical (unpaired) electrons. The molecular formula is C25H28N4O2S. The van der Waals surface area contributed by atoms with Crippen LogP contribution in [0.4, 0.5) is 5.69 Å². The van der Waals surface area contributed by atoms with Crippen molar-refractivity contribution in [3.8, 4) is 0 Å². The Labute approximate surface area is 194 Å². The van der Waals surface area contributed by atoms with Gasteiger partial charge in [0, 0.05) is 56.9 Å². The molecule has 32 heavy (non-hydrogen) atoms. The van der Waals surface area contributed by atoms with E-state index in [0.29, 0.717) is 19.4 Å². The second kappa shape index (κ2) is 8.64. The number of amides is 2. The first-order chi connectivity index (χ1) is 15.5. The van der Waals surface area contributed by atoms with E-state index in [1.54, 1.807) is 0 Å². The number of aryl methyl sites for hydroxylation is 1. The molecule has 0 aliphatic carbocycles. The molecular weight excluding hydrogens is 420 g/mol. The molecule has 2 aromatic carbocycles. The molecule has 1 unspecified atom stereocenters. The van der Waals surface area contributed by atoms with Gasteiger partial charge in [-0.05, 0) is 48.2 Å². The van der Waals surface area contributed by atoms with Crippen LogP contribution < -0.4 is 10.2 Å². The number of thiocarbonyl (C=S) groups is 1. The van der Waals surface area contributed by atoms with Crippen LogP contribution >= 0.6 is 12.2 Å². The van der Waals surface area contributed by atoms with Gasteiger partial charge in [-0.15, -0.1) is 0 Å². The molecule has 0 bridgehead atoms. The predicted octanol–water partition coefficient (Wildman–Crippen LogP) is 2.61. The molecule has 6 nitrogen and oxygen atoms in total. The highest BCUT2D eigenvalue weighted by atomic mass is 32.1. The summed E-state index contributed by atoms with van der Waals surface area (Å²) >= 11 is 5.74. The largest absolute Gasteiger partial charge is 0.369 e. The van der Waals surface area contributed by atoms with Crippen molar-refractivity contribution in [3.05, 3.63) is 64.7 Å². The lowest BCUT2D eigenvalue weighted by Crippen LogP contribution is -2.52. The van der Waals surface area contributed by atoms with Crippen LogP contribution in [0.2, 0.25) is 0 Å². The quantitative estimate of drug-likeness (QED) is 0.573. The molecule has 5 rings (SSSR count). The maximum Gasteiger partial charge on any atom is 0.249 e. The van der Waals surface area contributed by atoms with E-state index in [0.717, 1.165) is 48.8 Å². The number of piperidine rings is 1. The lowest BCUT2D eigenvalue weighted by Gasteiger charge is -2.36. The minimum absolute atomic E-state index is 0.196. The number of anilines is 1. The average Bonchev–Trinajstić information content (AvgIpc) is 3.10. The number of nitrogens with one attached hydrogen (secondary N) is 1. The van der Waals surface area contributed by atoms with E-state index < -0.39 is 0 Å². The number of fused-ring (bicyclic) bond motifs is 1. The fourth-order valence-electron chi connectivity index (χ4n) is 4.95. The number of benzene rings is 2. The molecule has 2 aromatic rings. The van der Waals surface area contributed by atoms with Gasteiger partial charge in [0.15, 0.2) is 0 Å². The standard InChI is InChI=1S/C25H28N4O2S/c1-17-3-2-4-20(13-17)28-11-9-27(10-12-28)15-18-5-6-19-16-29(25(32)21(19)14-18)22-7-8-23(30)26-24(22)31/h2-6,13-14,22H,7-12,15-16H2,1H3,(H,26,30,31). The number of nitrogens with zero attached hydrogens (tertiary/aromatic N) is 3. The molecule has 3 aliphatic rings. The first kappa shape index (κ1) is 21.1. The molecule has 1 N–H and O–H groups in total. The van der Waals surface area contributed by atoms with Gasteiger partial charge in [0.1, 0.15) is 11.0 Å². The Hall–Kier alpha value is -2.77. The van der Waals surface area contributed by atoms with Crippen molar-refractivity contribution in [1.29, 1.82) is 0 Å². The number of hydrogen-bond acceptors (Lipinski definition) is 5. The van der Waals surface area contributed by atoms with E-state index in [1.165, 1.54) is 16.8 Å². The zero-order valence-corrected chi connectivity index (χ0v) is 19.2. The number of carbonyl (C=O) groups excluding carboxylic acids is 2. The molecule has 2 fully saturated rings. The molecule has 2 amide bonds. The molecule has 0 aromatic heterocycles. The average molecular weight is 449 g/mol. The Morgan fingerprint density at radius 2 is 1.88 bits per heavy atom. The van der Waals surface area contributed by atoms with Gasteiger partial charge in [0.2, 0.25) is 11.8 Å². The van der Waals surface area contributed by atoms with Crippen molar-refractivity contribution in [3.63, 3.8) is 0 Å². The number of piperazine rings is 1. The second-order valence-corrected chi connectivity index (χ2v) is 9.38. The summed E-state index contributed by atoms with van der Waals surface area (Å²) < 4.78 is 0. The molecule has 0 spiro atoms. The summed E-state index contributed by atoms with van der Waals surface area (Å²) in [6.45, 7) is 7.77. The topological polar surface area (TPSA) is 55.9 Å². The summed E-state index contributed by atoms with van der Waals surface area (Å²) in [7, 11) is 0. The van der Waals surface area contributed by atoms with Crippen LogP contribution in [0.1, 0.15) is 35.1 Å². The number of hydrogen-bond donors (Lipinski definition) is 1. The first-order valence-electron chi connectivity index (χ1n) is 11.3.